The molecule has 2 aromatic heterocycles. The second-order valence-electron chi connectivity index (χ2n) is 7.31. The van der Waals surface area contributed by atoms with Crippen LogP contribution in [0.4, 0.5) is 5.69 Å². The molecule has 0 spiro atoms. The van der Waals surface area contributed by atoms with Gasteiger partial charge in [0.25, 0.3) is 0 Å². The number of pyridine rings is 1. The zero-order valence-corrected chi connectivity index (χ0v) is 16.4. The molecule has 144 valence electrons. The zero-order valence-electron chi connectivity index (χ0n) is 16.4. The van der Waals surface area contributed by atoms with E-state index in [4.69, 9.17) is 4.74 Å². The number of hydrogen-bond donors (Lipinski definition) is 2. The van der Waals surface area contributed by atoms with Gasteiger partial charge in [-0.05, 0) is 43.7 Å². The van der Waals surface area contributed by atoms with Gasteiger partial charge in [-0.1, -0.05) is 42.5 Å². The van der Waals surface area contributed by atoms with Crippen molar-refractivity contribution in [2.24, 2.45) is 0 Å². The fraction of sp³-hybridized carbons (Fsp3) is 0.160. The summed E-state index contributed by atoms with van der Waals surface area (Å²) < 4.78 is 6.15. The van der Waals surface area contributed by atoms with Crippen LogP contribution in [-0.2, 0) is 0 Å². The molecule has 5 aromatic rings. The van der Waals surface area contributed by atoms with Gasteiger partial charge in [0, 0.05) is 33.9 Å². The summed E-state index contributed by atoms with van der Waals surface area (Å²) in [6.45, 7) is 3.51. The molecule has 0 saturated carbocycles. The fourth-order valence-electron chi connectivity index (χ4n) is 3.85. The highest BCUT2D eigenvalue weighted by Gasteiger charge is 2.09. The Kier molecular flexibility index (Phi) is 4.53. The van der Waals surface area contributed by atoms with Crippen LogP contribution in [0.15, 0.2) is 72.8 Å². The molecule has 0 bridgehead atoms. The van der Waals surface area contributed by atoms with Gasteiger partial charge in [-0.25, -0.2) is 0 Å². The molecule has 4 nitrogen and oxygen atoms in total. The van der Waals surface area contributed by atoms with E-state index in [9.17, 15) is 0 Å². The van der Waals surface area contributed by atoms with E-state index < -0.39 is 0 Å². The summed E-state index contributed by atoms with van der Waals surface area (Å²) in [4.78, 5) is 8.15. The smallest absolute Gasteiger partial charge is 0.129 e. The standard InChI is InChI=1S/C25H23N3O/c1-17-13-14-18-7-4-11-22(25(18)27-17)26-15-6-16-29-23-12-5-10-21-24(23)19-8-2-3-9-20(19)28-21/h2-5,7-14,26,28H,6,15-16H2,1H3. The monoisotopic (exact) mass is 381 g/mol. The molecule has 0 aliphatic rings. The van der Waals surface area contributed by atoms with Crippen molar-refractivity contribution >= 4 is 38.4 Å². The summed E-state index contributed by atoms with van der Waals surface area (Å²) in [6.07, 6.45) is 0.904. The minimum absolute atomic E-state index is 0.656. The van der Waals surface area contributed by atoms with Crippen LogP contribution in [0, 0.1) is 6.92 Å². The number of hydrogen-bond acceptors (Lipinski definition) is 3. The Labute approximate surface area is 169 Å². The van der Waals surface area contributed by atoms with Gasteiger partial charge < -0.3 is 15.0 Å². The number of nitrogens with one attached hydrogen (secondary N) is 2. The van der Waals surface area contributed by atoms with E-state index in [1.54, 1.807) is 0 Å². The summed E-state index contributed by atoms with van der Waals surface area (Å²) in [5, 5.41) is 7.03. The molecule has 0 fully saturated rings. The van der Waals surface area contributed by atoms with Crippen LogP contribution in [-0.4, -0.2) is 23.1 Å². The number of anilines is 1. The average Bonchev–Trinajstić information content (AvgIpc) is 3.13. The minimum Gasteiger partial charge on any atom is -0.493 e. The number of aromatic nitrogens is 2. The number of rotatable bonds is 6. The van der Waals surface area contributed by atoms with E-state index in [-0.39, 0.29) is 0 Å². The van der Waals surface area contributed by atoms with Crippen molar-refractivity contribution in [3.63, 3.8) is 0 Å². The molecule has 0 atom stereocenters. The number of aryl methyl sites for hydroxylation is 1. The Morgan fingerprint density at radius 3 is 2.72 bits per heavy atom. The molecule has 0 radical (unpaired) electrons. The number of fused-ring (bicyclic) bond motifs is 4. The van der Waals surface area contributed by atoms with E-state index >= 15 is 0 Å². The van der Waals surface area contributed by atoms with Crippen molar-refractivity contribution in [3.8, 4) is 5.75 Å². The molecule has 5 rings (SSSR count). The number of para-hydroxylation sites is 2. The first-order valence-electron chi connectivity index (χ1n) is 10.0. The first kappa shape index (κ1) is 17.6. The summed E-state index contributed by atoms with van der Waals surface area (Å²) >= 11 is 0. The van der Waals surface area contributed by atoms with Crippen molar-refractivity contribution in [1.29, 1.82) is 0 Å². The lowest BCUT2D eigenvalue weighted by atomic mass is 10.1. The molecule has 0 unspecified atom stereocenters. The van der Waals surface area contributed by atoms with E-state index in [0.29, 0.717) is 6.61 Å². The van der Waals surface area contributed by atoms with Gasteiger partial charge in [0.05, 0.1) is 23.3 Å². The van der Waals surface area contributed by atoms with E-state index in [0.717, 1.165) is 57.4 Å². The van der Waals surface area contributed by atoms with Gasteiger partial charge in [-0.2, -0.15) is 0 Å². The molecule has 2 heterocycles. The molecule has 0 amide bonds. The van der Waals surface area contributed by atoms with Crippen LogP contribution in [0.5, 0.6) is 5.75 Å². The molecule has 0 aliphatic heterocycles. The normalized spacial score (nSPS) is 11.3. The zero-order chi connectivity index (χ0) is 19.6. The molecular formula is C25H23N3O. The van der Waals surface area contributed by atoms with Gasteiger partial charge in [-0.15, -0.1) is 0 Å². The van der Waals surface area contributed by atoms with Gasteiger partial charge >= 0.3 is 0 Å². The largest absolute Gasteiger partial charge is 0.493 e. The second-order valence-corrected chi connectivity index (χ2v) is 7.31. The summed E-state index contributed by atoms with van der Waals surface area (Å²) in [7, 11) is 0. The number of ether oxygens (including phenoxy) is 1. The van der Waals surface area contributed by atoms with E-state index in [1.807, 2.05) is 31.2 Å². The van der Waals surface area contributed by atoms with Gasteiger partial charge in [0.2, 0.25) is 0 Å². The van der Waals surface area contributed by atoms with Gasteiger partial charge in [-0.3, -0.25) is 4.98 Å². The van der Waals surface area contributed by atoms with Gasteiger partial charge in [0.15, 0.2) is 0 Å². The highest BCUT2D eigenvalue weighted by molar-refractivity contribution is 6.10. The first-order chi connectivity index (χ1) is 14.3. The lowest BCUT2D eigenvalue weighted by Crippen LogP contribution is -2.08. The molecule has 3 aromatic carbocycles. The lowest BCUT2D eigenvalue weighted by Gasteiger charge is -2.11. The van der Waals surface area contributed by atoms with Gasteiger partial charge in [0.1, 0.15) is 5.75 Å². The molecule has 4 heteroatoms. The van der Waals surface area contributed by atoms with Crippen LogP contribution < -0.4 is 10.1 Å². The first-order valence-corrected chi connectivity index (χ1v) is 10.0. The highest BCUT2D eigenvalue weighted by atomic mass is 16.5. The van der Waals surface area contributed by atoms with Crippen LogP contribution >= 0.6 is 0 Å². The molecule has 2 N–H and O–H groups in total. The van der Waals surface area contributed by atoms with Crippen LogP contribution in [0.3, 0.4) is 0 Å². The average molecular weight is 381 g/mol. The number of H-pyrrole nitrogens is 1. The Hall–Kier alpha value is -3.53. The maximum Gasteiger partial charge on any atom is 0.129 e. The van der Waals surface area contributed by atoms with Crippen LogP contribution in [0.2, 0.25) is 0 Å². The van der Waals surface area contributed by atoms with E-state index in [1.165, 1.54) is 5.39 Å². The molecule has 0 saturated heterocycles. The summed E-state index contributed by atoms with van der Waals surface area (Å²) in [6, 6.07) is 24.9. The van der Waals surface area contributed by atoms with Crippen LogP contribution in [0.25, 0.3) is 32.7 Å². The fourth-order valence-corrected chi connectivity index (χ4v) is 3.85. The number of benzene rings is 3. The predicted molar refractivity (Wildman–Crippen MR) is 121 cm³/mol. The predicted octanol–water partition coefficient (Wildman–Crippen LogP) is 6.06. The maximum absolute atomic E-state index is 6.15. The van der Waals surface area contributed by atoms with Crippen molar-refractivity contribution in [3.05, 3.63) is 78.5 Å². The topological polar surface area (TPSA) is 49.9 Å². The Morgan fingerprint density at radius 2 is 1.76 bits per heavy atom. The quantitative estimate of drug-likeness (QED) is 0.352. The molecular weight excluding hydrogens is 358 g/mol. The SMILES string of the molecule is Cc1ccc2cccc(NCCCOc3cccc4[nH]c5ccccc5c34)c2n1. The summed E-state index contributed by atoms with van der Waals surface area (Å²) in [5.41, 5.74) is 5.38. The summed E-state index contributed by atoms with van der Waals surface area (Å²) in [5.74, 6) is 0.933. The number of aromatic amines is 1. The Balaban J connectivity index is 1.26. The number of nitrogens with zero attached hydrogens (tertiary/aromatic N) is 1. The Morgan fingerprint density at radius 1 is 0.897 bits per heavy atom. The molecule has 0 aliphatic carbocycles. The third kappa shape index (κ3) is 3.38. The molecule has 29 heavy (non-hydrogen) atoms. The minimum atomic E-state index is 0.656. The Bertz CT molecular complexity index is 1310. The van der Waals surface area contributed by atoms with E-state index in [2.05, 4.69) is 63.8 Å². The third-order valence-corrected chi connectivity index (χ3v) is 5.25. The van der Waals surface area contributed by atoms with Crippen molar-refractivity contribution in [1.82, 2.24) is 9.97 Å². The maximum atomic E-state index is 6.15. The van der Waals surface area contributed by atoms with Crippen LogP contribution in [0.1, 0.15) is 12.1 Å². The highest BCUT2D eigenvalue weighted by Crippen LogP contribution is 2.33. The lowest BCUT2D eigenvalue weighted by molar-refractivity contribution is 0.319. The third-order valence-electron chi connectivity index (χ3n) is 5.25. The van der Waals surface area contributed by atoms with Crippen molar-refractivity contribution in [2.45, 2.75) is 13.3 Å². The van der Waals surface area contributed by atoms with Crippen molar-refractivity contribution < 1.29 is 4.74 Å². The second kappa shape index (κ2) is 7.47. The van der Waals surface area contributed by atoms with Crippen molar-refractivity contribution in [2.75, 3.05) is 18.5 Å².